The van der Waals surface area contributed by atoms with Gasteiger partial charge in [-0.3, -0.25) is 4.90 Å². The molecule has 1 saturated heterocycles. The number of nitrogens with two attached hydrogens (primary N) is 1. The van der Waals surface area contributed by atoms with E-state index in [9.17, 15) is 0 Å². The van der Waals surface area contributed by atoms with Crippen molar-refractivity contribution >= 4 is 0 Å². The topological polar surface area (TPSA) is 29.3 Å². The van der Waals surface area contributed by atoms with Crippen molar-refractivity contribution in [3.63, 3.8) is 0 Å². The van der Waals surface area contributed by atoms with Crippen molar-refractivity contribution in [2.24, 2.45) is 17.1 Å². The van der Waals surface area contributed by atoms with Crippen molar-refractivity contribution in [1.29, 1.82) is 0 Å². The minimum atomic E-state index is 0.436. The van der Waals surface area contributed by atoms with Gasteiger partial charge in [0.25, 0.3) is 0 Å². The Hall–Kier alpha value is -0.0800. The fourth-order valence-electron chi connectivity index (χ4n) is 3.46. The maximum Gasteiger partial charge on any atom is 0.0180 e. The fraction of sp³-hybridized carbons (Fsp3) is 1.00. The van der Waals surface area contributed by atoms with Crippen molar-refractivity contribution in [3.8, 4) is 0 Å². The van der Waals surface area contributed by atoms with E-state index in [0.29, 0.717) is 11.5 Å². The highest BCUT2D eigenvalue weighted by molar-refractivity contribution is 4.95. The maximum absolute atomic E-state index is 5.96. The molecule has 2 rings (SSSR count). The lowest BCUT2D eigenvalue weighted by Crippen LogP contribution is -2.37. The third-order valence-electron chi connectivity index (χ3n) is 4.02. The Morgan fingerprint density at radius 3 is 2.43 bits per heavy atom. The number of likely N-dealkylation sites (tertiary alicyclic amines) is 1. The summed E-state index contributed by atoms with van der Waals surface area (Å²) < 4.78 is 0. The average Bonchev–Trinajstić information content (AvgIpc) is 2.55. The number of hydrogen-bond donors (Lipinski definition) is 1. The molecule has 82 valence electrons. The van der Waals surface area contributed by atoms with Gasteiger partial charge in [0.15, 0.2) is 0 Å². The zero-order valence-corrected chi connectivity index (χ0v) is 9.79. The van der Waals surface area contributed by atoms with Gasteiger partial charge < -0.3 is 5.73 Å². The van der Waals surface area contributed by atoms with Gasteiger partial charge in [0.2, 0.25) is 0 Å². The third-order valence-corrected chi connectivity index (χ3v) is 4.02. The van der Waals surface area contributed by atoms with Crippen LogP contribution in [-0.2, 0) is 0 Å². The Morgan fingerprint density at radius 2 is 2.00 bits per heavy atom. The van der Waals surface area contributed by atoms with Gasteiger partial charge in [-0.05, 0) is 30.6 Å². The van der Waals surface area contributed by atoms with E-state index < -0.39 is 0 Å². The smallest absolute Gasteiger partial charge is 0.0180 e. The molecule has 0 amide bonds. The standard InChI is InChI=1S/C12H24N2/c1-9-6-12(2,3)7-11(9)14-5-4-10(13)8-14/h9-11H,4-8,13H2,1-3H3. The highest BCUT2D eigenvalue weighted by Gasteiger charge is 2.41. The molecule has 0 spiro atoms. The molecule has 14 heavy (non-hydrogen) atoms. The van der Waals surface area contributed by atoms with Crippen molar-refractivity contribution in [3.05, 3.63) is 0 Å². The summed E-state index contributed by atoms with van der Waals surface area (Å²) in [5.41, 5.74) is 6.52. The summed E-state index contributed by atoms with van der Waals surface area (Å²) in [5.74, 6) is 0.857. The van der Waals surface area contributed by atoms with Gasteiger partial charge in [0, 0.05) is 25.2 Å². The van der Waals surface area contributed by atoms with Crippen LogP contribution in [0.5, 0.6) is 0 Å². The Balaban J connectivity index is 1.98. The van der Waals surface area contributed by atoms with Crippen LogP contribution in [0.4, 0.5) is 0 Å². The van der Waals surface area contributed by atoms with Gasteiger partial charge in [0.1, 0.15) is 0 Å². The molecule has 0 bridgehead atoms. The molecule has 0 aromatic rings. The third kappa shape index (κ3) is 1.96. The van der Waals surface area contributed by atoms with Crippen molar-refractivity contribution in [2.45, 2.75) is 52.1 Å². The zero-order chi connectivity index (χ0) is 10.3. The molecular weight excluding hydrogens is 172 g/mol. The number of rotatable bonds is 1. The Morgan fingerprint density at radius 1 is 1.29 bits per heavy atom. The van der Waals surface area contributed by atoms with Gasteiger partial charge in [-0.25, -0.2) is 0 Å². The quantitative estimate of drug-likeness (QED) is 0.693. The van der Waals surface area contributed by atoms with Gasteiger partial charge in [0.05, 0.1) is 0 Å². The summed E-state index contributed by atoms with van der Waals surface area (Å²) >= 11 is 0. The fourth-order valence-corrected chi connectivity index (χ4v) is 3.46. The molecule has 1 aliphatic heterocycles. The summed E-state index contributed by atoms with van der Waals surface area (Å²) in [7, 11) is 0. The summed E-state index contributed by atoms with van der Waals surface area (Å²) in [6.45, 7) is 9.57. The van der Waals surface area contributed by atoms with Crippen LogP contribution in [0.25, 0.3) is 0 Å². The van der Waals surface area contributed by atoms with Crippen LogP contribution in [0.3, 0.4) is 0 Å². The molecular formula is C12H24N2. The molecule has 2 fully saturated rings. The molecule has 2 nitrogen and oxygen atoms in total. The van der Waals surface area contributed by atoms with E-state index in [1.54, 1.807) is 0 Å². The highest BCUT2D eigenvalue weighted by Crippen LogP contribution is 2.43. The molecule has 2 aliphatic rings. The van der Waals surface area contributed by atoms with E-state index in [4.69, 9.17) is 5.73 Å². The molecule has 1 saturated carbocycles. The van der Waals surface area contributed by atoms with Gasteiger partial charge in [-0.1, -0.05) is 20.8 Å². The second-order valence-corrected chi connectivity index (χ2v) is 6.16. The van der Waals surface area contributed by atoms with E-state index in [2.05, 4.69) is 25.7 Å². The van der Waals surface area contributed by atoms with Crippen molar-refractivity contribution < 1.29 is 0 Å². The largest absolute Gasteiger partial charge is 0.326 e. The van der Waals surface area contributed by atoms with Crippen LogP contribution in [0, 0.1) is 11.3 Å². The van der Waals surface area contributed by atoms with E-state index in [0.717, 1.165) is 18.5 Å². The zero-order valence-electron chi connectivity index (χ0n) is 9.79. The first-order valence-electron chi connectivity index (χ1n) is 5.97. The van der Waals surface area contributed by atoms with Crippen molar-refractivity contribution in [1.82, 2.24) is 4.90 Å². The lowest BCUT2D eigenvalue weighted by atomic mass is 9.91. The second-order valence-electron chi connectivity index (χ2n) is 6.16. The molecule has 0 aromatic carbocycles. The first kappa shape index (κ1) is 10.4. The predicted molar refractivity (Wildman–Crippen MR) is 60.1 cm³/mol. The minimum Gasteiger partial charge on any atom is -0.326 e. The molecule has 2 N–H and O–H groups in total. The summed E-state index contributed by atoms with van der Waals surface area (Å²) in [5, 5.41) is 0. The summed E-state index contributed by atoms with van der Waals surface area (Å²) in [6.07, 6.45) is 3.94. The molecule has 1 aliphatic carbocycles. The molecule has 3 unspecified atom stereocenters. The van der Waals surface area contributed by atoms with Gasteiger partial charge >= 0.3 is 0 Å². The predicted octanol–water partition coefficient (Wildman–Crippen LogP) is 1.84. The Bertz CT molecular complexity index is 212. The monoisotopic (exact) mass is 196 g/mol. The SMILES string of the molecule is CC1CC(C)(C)CC1N1CCC(N)C1. The first-order chi connectivity index (χ1) is 6.48. The second kappa shape index (κ2) is 3.49. The Kier molecular flexibility index (Phi) is 2.61. The van der Waals surface area contributed by atoms with E-state index in [1.165, 1.54) is 25.8 Å². The van der Waals surface area contributed by atoms with Crippen LogP contribution >= 0.6 is 0 Å². The summed E-state index contributed by atoms with van der Waals surface area (Å²) in [4.78, 5) is 2.63. The van der Waals surface area contributed by atoms with Crippen LogP contribution in [0.1, 0.15) is 40.0 Å². The molecule has 0 radical (unpaired) electrons. The van der Waals surface area contributed by atoms with Gasteiger partial charge in [-0.2, -0.15) is 0 Å². The highest BCUT2D eigenvalue weighted by atomic mass is 15.2. The minimum absolute atomic E-state index is 0.436. The van der Waals surface area contributed by atoms with Crippen molar-refractivity contribution in [2.75, 3.05) is 13.1 Å². The van der Waals surface area contributed by atoms with Gasteiger partial charge in [-0.15, -0.1) is 0 Å². The normalized spacial score (nSPS) is 43.3. The van der Waals surface area contributed by atoms with E-state index in [-0.39, 0.29) is 0 Å². The van der Waals surface area contributed by atoms with Crippen LogP contribution in [-0.4, -0.2) is 30.1 Å². The molecule has 0 aromatic heterocycles. The number of nitrogens with zero attached hydrogens (tertiary/aromatic N) is 1. The molecule has 3 atom stereocenters. The lowest BCUT2D eigenvalue weighted by molar-refractivity contribution is 0.197. The average molecular weight is 196 g/mol. The van der Waals surface area contributed by atoms with Crippen LogP contribution in [0.15, 0.2) is 0 Å². The summed E-state index contributed by atoms with van der Waals surface area (Å²) in [6, 6.07) is 1.24. The van der Waals surface area contributed by atoms with E-state index in [1.807, 2.05) is 0 Å². The Labute approximate surface area is 87.8 Å². The van der Waals surface area contributed by atoms with Crippen LogP contribution < -0.4 is 5.73 Å². The van der Waals surface area contributed by atoms with Crippen LogP contribution in [0.2, 0.25) is 0 Å². The lowest BCUT2D eigenvalue weighted by Gasteiger charge is -2.27. The molecule has 1 heterocycles. The maximum atomic E-state index is 5.96. The number of hydrogen-bond acceptors (Lipinski definition) is 2. The first-order valence-corrected chi connectivity index (χ1v) is 5.97. The molecule has 2 heteroatoms. The van der Waals surface area contributed by atoms with E-state index >= 15 is 0 Å².